The smallest absolute Gasteiger partial charge is 0.182 e. The molecule has 176 valence electrons. The van der Waals surface area contributed by atoms with E-state index >= 15 is 0 Å². The van der Waals surface area contributed by atoms with Gasteiger partial charge in [0.15, 0.2) is 11.3 Å². The molecule has 0 fully saturated rings. The van der Waals surface area contributed by atoms with Crippen LogP contribution in [0.25, 0.3) is 31.3 Å². The Kier molecular flexibility index (Phi) is 10.4. The van der Waals surface area contributed by atoms with E-state index < -0.39 is 0 Å². The van der Waals surface area contributed by atoms with Crippen molar-refractivity contribution in [1.29, 1.82) is 0 Å². The summed E-state index contributed by atoms with van der Waals surface area (Å²) in [7, 11) is 1.75. The standard InChI is InChI=1S/C23H18O2S2.3F2/c1-25-23-22(17-8-3-5-12-19(17)27-23)15-10-6-9-14(15)21-16-7-2-4-11-18(16)26-20(21)13-24;3*1-2/h2-5,7-8,11-13H,6,9-10H2,1H3;;;. The lowest BCUT2D eigenvalue weighted by molar-refractivity contribution is 0.108. The molecule has 0 spiro atoms. The predicted molar refractivity (Wildman–Crippen MR) is 123 cm³/mol. The Labute approximate surface area is 193 Å². The van der Waals surface area contributed by atoms with Crippen LogP contribution < -0.4 is 4.74 Å². The number of allylic oxidation sites excluding steroid dienone is 2. The van der Waals surface area contributed by atoms with Crippen molar-refractivity contribution in [3.63, 3.8) is 0 Å². The van der Waals surface area contributed by atoms with Crippen molar-refractivity contribution in [3.8, 4) is 5.06 Å². The minimum Gasteiger partial charge on any atom is -0.487 e. The lowest BCUT2D eigenvalue weighted by Crippen LogP contribution is -1.91. The summed E-state index contributed by atoms with van der Waals surface area (Å²) in [5.41, 5.74) is 5.01. The third-order valence-corrected chi connectivity index (χ3v) is 7.53. The summed E-state index contributed by atoms with van der Waals surface area (Å²) in [5.74, 6) is 0. The molecule has 0 unspecified atom stereocenters. The van der Waals surface area contributed by atoms with Crippen molar-refractivity contribution in [3.05, 3.63) is 64.5 Å². The van der Waals surface area contributed by atoms with E-state index in [1.807, 2.05) is 6.07 Å². The number of halogens is 6. The summed E-state index contributed by atoms with van der Waals surface area (Å²) in [6.45, 7) is 0. The van der Waals surface area contributed by atoms with Crippen molar-refractivity contribution < 1.29 is 37.0 Å². The van der Waals surface area contributed by atoms with Crippen LogP contribution in [0.1, 0.15) is 40.1 Å². The Morgan fingerprint density at radius 3 is 1.79 bits per heavy atom. The Hall–Kier alpha value is -2.85. The van der Waals surface area contributed by atoms with E-state index in [4.69, 9.17) is 32.2 Å². The monoisotopic (exact) mass is 504 g/mol. The Bertz CT molecular complexity index is 1230. The van der Waals surface area contributed by atoms with E-state index in [9.17, 15) is 4.79 Å². The first-order valence-electron chi connectivity index (χ1n) is 9.49. The molecule has 1 aliphatic carbocycles. The molecule has 33 heavy (non-hydrogen) atoms. The highest BCUT2D eigenvalue weighted by Gasteiger charge is 2.27. The molecule has 0 amide bonds. The molecule has 0 radical (unpaired) electrons. The van der Waals surface area contributed by atoms with E-state index in [1.54, 1.807) is 29.8 Å². The summed E-state index contributed by atoms with van der Waals surface area (Å²) < 4.78 is 56.2. The zero-order valence-corrected chi connectivity index (χ0v) is 18.9. The summed E-state index contributed by atoms with van der Waals surface area (Å²) in [6.07, 6.45) is 4.16. The average molecular weight is 505 g/mol. The van der Waals surface area contributed by atoms with E-state index in [1.165, 1.54) is 36.9 Å². The molecule has 2 nitrogen and oxygen atoms in total. The van der Waals surface area contributed by atoms with Crippen molar-refractivity contribution in [2.24, 2.45) is 0 Å². The second kappa shape index (κ2) is 13.0. The fraction of sp³-hybridized carbons (Fsp3) is 0.174. The summed E-state index contributed by atoms with van der Waals surface area (Å²) >= 11 is 3.29. The number of fused-ring (bicyclic) bond motifs is 2. The van der Waals surface area contributed by atoms with Crippen LogP contribution in [0.15, 0.2) is 48.5 Å². The van der Waals surface area contributed by atoms with Crippen LogP contribution in [0, 0.1) is 0 Å². The third-order valence-electron chi connectivity index (χ3n) is 5.30. The third kappa shape index (κ3) is 5.06. The van der Waals surface area contributed by atoms with Gasteiger partial charge in [0, 0.05) is 58.7 Å². The molecule has 2 heterocycles. The number of hydrogen-bond donors (Lipinski definition) is 0. The van der Waals surface area contributed by atoms with Crippen LogP contribution in [0.3, 0.4) is 0 Å². The average Bonchev–Trinajstić information content (AvgIpc) is 3.61. The van der Waals surface area contributed by atoms with Gasteiger partial charge in [0.05, 0.1) is 12.0 Å². The van der Waals surface area contributed by atoms with Gasteiger partial charge in [0.2, 0.25) is 0 Å². The zero-order chi connectivity index (χ0) is 24.4. The number of methoxy groups -OCH3 is 1. The minimum absolute atomic E-state index is 0.837. The highest BCUT2D eigenvalue weighted by molar-refractivity contribution is 7.21. The van der Waals surface area contributed by atoms with Gasteiger partial charge in [-0.05, 0) is 42.5 Å². The molecule has 0 saturated heterocycles. The maximum Gasteiger partial charge on any atom is 0.182 e. The molecule has 0 aliphatic heterocycles. The molecule has 2 aromatic heterocycles. The summed E-state index contributed by atoms with van der Waals surface area (Å²) in [4.78, 5) is 12.7. The van der Waals surface area contributed by atoms with Crippen molar-refractivity contribution in [1.82, 2.24) is 0 Å². The molecule has 1 aliphatic rings. The van der Waals surface area contributed by atoms with Gasteiger partial charge >= 0.3 is 0 Å². The highest BCUT2D eigenvalue weighted by atomic mass is 32.1. The number of hydrogen-bond acceptors (Lipinski definition) is 4. The number of benzene rings is 2. The Morgan fingerprint density at radius 1 is 0.758 bits per heavy atom. The molecule has 0 N–H and O–H groups in total. The van der Waals surface area contributed by atoms with Gasteiger partial charge < -0.3 is 4.74 Å². The Morgan fingerprint density at radius 2 is 1.24 bits per heavy atom. The Balaban J connectivity index is 0.000000597. The first kappa shape index (κ1) is 26.4. The second-order valence-corrected chi connectivity index (χ2v) is 8.83. The van der Waals surface area contributed by atoms with E-state index in [0.717, 1.165) is 41.1 Å². The quantitative estimate of drug-likeness (QED) is 0.204. The molecule has 0 bridgehead atoms. The number of rotatable bonds is 4. The molecule has 4 aromatic rings. The van der Waals surface area contributed by atoms with Gasteiger partial charge in [-0.25, -0.2) is 0 Å². The van der Waals surface area contributed by atoms with Gasteiger partial charge in [-0.2, -0.15) is 0 Å². The fourth-order valence-electron chi connectivity index (χ4n) is 4.21. The summed E-state index contributed by atoms with van der Waals surface area (Å²) in [5, 5.41) is 3.41. The maximum absolute atomic E-state index is 11.8. The van der Waals surface area contributed by atoms with Gasteiger partial charge in [0.1, 0.15) is 0 Å². The predicted octanol–water partition coefficient (Wildman–Crippen LogP) is 9.55. The van der Waals surface area contributed by atoms with Crippen LogP contribution in [0.5, 0.6) is 5.06 Å². The molecule has 0 saturated carbocycles. The van der Waals surface area contributed by atoms with Crippen LogP contribution in [0.2, 0.25) is 0 Å². The minimum atomic E-state index is 0.837. The van der Waals surface area contributed by atoms with Crippen LogP contribution in [-0.4, -0.2) is 13.4 Å². The van der Waals surface area contributed by atoms with Gasteiger partial charge in [-0.15, -0.1) is 11.3 Å². The molecule has 0 atom stereocenters. The van der Waals surface area contributed by atoms with Crippen LogP contribution >= 0.6 is 22.7 Å². The topological polar surface area (TPSA) is 26.3 Å². The normalized spacial score (nSPS) is 12.3. The van der Waals surface area contributed by atoms with Crippen molar-refractivity contribution in [2.75, 3.05) is 7.11 Å². The van der Waals surface area contributed by atoms with Crippen molar-refractivity contribution >= 4 is 60.3 Å². The highest BCUT2D eigenvalue weighted by Crippen LogP contribution is 2.51. The SMILES string of the molecule is COc1sc2ccccc2c1C1=C(c2c(C=O)sc3ccccc23)CCC1.FF.FF.FF. The number of carbonyl (C=O) groups excluding carboxylic acids is 1. The first-order valence-corrected chi connectivity index (χ1v) is 11.1. The largest absolute Gasteiger partial charge is 0.487 e. The number of carbonyl (C=O) groups is 1. The van der Waals surface area contributed by atoms with Gasteiger partial charge in [-0.1, -0.05) is 47.7 Å². The molecule has 10 heteroatoms. The molecular weight excluding hydrogens is 486 g/mol. The lowest BCUT2D eigenvalue weighted by atomic mass is 9.94. The molecule has 5 rings (SSSR count). The van der Waals surface area contributed by atoms with E-state index in [-0.39, 0.29) is 0 Å². The molecular formula is C23H18F6O2S2. The number of thiophene rings is 2. The van der Waals surface area contributed by atoms with E-state index in [0.29, 0.717) is 0 Å². The first-order chi connectivity index (χ1) is 16.3. The zero-order valence-electron chi connectivity index (χ0n) is 17.2. The van der Waals surface area contributed by atoms with Gasteiger partial charge in [-0.3, -0.25) is 4.79 Å². The van der Waals surface area contributed by atoms with Crippen molar-refractivity contribution in [2.45, 2.75) is 19.3 Å². The number of aldehydes is 1. The maximum atomic E-state index is 11.8. The second-order valence-electron chi connectivity index (χ2n) is 6.73. The molecule has 2 aromatic carbocycles. The van der Waals surface area contributed by atoms with Gasteiger partial charge in [0.25, 0.3) is 0 Å². The van der Waals surface area contributed by atoms with E-state index in [2.05, 4.69) is 42.5 Å². The summed E-state index contributed by atoms with van der Waals surface area (Å²) in [6, 6.07) is 16.8. The van der Waals surface area contributed by atoms with Crippen LogP contribution in [0.4, 0.5) is 27.4 Å². The lowest BCUT2D eigenvalue weighted by Gasteiger charge is -2.10. The van der Waals surface area contributed by atoms with Crippen LogP contribution in [-0.2, 0) is 0 Å². The fourth-order valence-corrected chi connectivity index (χ4v) is 6.30. The number of ether oxygens (including phenoxy) is 1.